The lowest BCUT2D eigenvalue weighted by Crippen LogP contribution is -2.31. The average Bonchev–Trinajstić information content (AvgIpc) is 2.57. The van der Waals surface area contributed by atoms with Crippen LogP contribution in [0.25, 0.3) is 0 Å². The molecule has 0 aromatic carbocycles. The Morgan fingerprint density at radius 2 is 1.92 bits per heavy atom. The molecule has 0 bridgehead atoms. The quantitative estimate of drug-likeness (QED) is 0.776. The van der Waals surface area contributed by atoms with Gasteiger partial charge in [0.1, 0.15) is 6.10 Å². The van der Waals surface area contributed by atoms with E-state index in [9.17, 15) is 9.59 Å². The van der Waals surface area contributed by atoms with E-state index in [1.165, 1.54) is 0 Å². The maximum Gasteiger partial charge on any atom is 0.306 e. The lowest BCUT2D eigenvalue weighted by molar-refractivity contribution is -0.151. The van der Waals surface area contributed by atoms with Gasteiger partial charge in [0, 0.05) is 25.3 Å². The van der Waals surface area contributed by atoms with E-state index in [-0.39, 0.29) is 23.8 Å². The van der Waals surface area contributed by atoms with E-state index >= 15 is 0 Å². The molecule has 1 heterocycles. The molecular formula is C20H33NO3. The fourth-order valence-electron chi connectivity index (χ4n) is 3.03. The number of rotatable bonds is 2. The Bertz CT molecular complexity index is 468. The monoisotopic (exact) mass is 335 g/mol. The van der Waals surface area contributed by atoms with Gasteiger partial charge in [0.05, 0.1) is 0 Å². The van der Waals surface area contributed by atoms with Crippen molar-refractivity contribution in [3.63, 3.8) is 0 Å². The highest BCUT2D eigenvalue weighted by Gasteiger charge is 2.21. The minimum atomic E-state index is -0.204. The Morgan fingerprint density at radius 3 is 2.58 bits per heavy atom. The van der Waals surface area contributed by atoms with Gasteiger partial charge in [-0.15, -0.1) is 0 Å². The molecule has 0 aliphatic carbocycles. The number of allylic oxidation sites excluding steroid dienone is 3. The highest BCUT2D eigenvalue weighted by atomic mass is 16.5. The van der Waals surface area contributed by atoms with Crippen LogP contribution in [-0.4, -0.2) is 24.4 Å². The number of cyclic esters (lactones) is 1. The Kier molecular flexibility index (Phi) is 9.62. The lowest BCUT2D eigenvalue weighted by Gasteiger charge is -2.23. The Hall–Kier alpha value is -1.42. The summed E-state index contributed by atoms with van der Waals surface area (Å²) in [7, 11) is 0. The van der Waals surface area contributed by atoms with Crippen LogP contribution in [0.2, 0.25) is 0 Å². The summed E-state index contributed by atoms with van der Waals surface area (Å²) in [6.07, 6.45) is 10.9. The first-order chi connectivity index (χ1) is 11.5. The normalized spacial score (nSPS) is 31.8. The maximum absolute atomic E-state index is 12.1. The van der Waals surface area contributed by atoms with Crippen molar-refractivity contribution in [3.05, 3.63) is 23.8 Å². The average molecular weight is 335 g/mol. The van der Waals surface area contributed by atoms with Crippen LogP contribution in [0.1, 0.15) is 65.7 Å². The third-order valence-electron chi connectivity index (χ3n) is 4.66. The summed E-state index contributed by atoms with van der Waals surface area (Å²) in [5, 5.41) is 0. The van der Waals surface area contributed by atoms with Crippen LogP contribution in [0, 0.1) is 11.8 Å². The predicted octanol–water partition coefficient (Wildman–Crippen LogP) is 3.95. The summed E-state index contributed by atoms with van der Waals surface area (Å²) in [6, 6.07) is 0. The third-order valence-corrected chi connectivity index (χ3v) is 4.66. The zero-order chi connectivity index (χ0) is 17.9. The largest absolute Gasteiger partial charge is 0.462 e. The van der Waals surface area contributed by atoms with Gasteiger partial charge >= 0.3 is 5.97 Å². The standard InChI is InChI=1S/C20H33NO3/c1-4-19-17(14-21)13-16(3)9-11-18(22)8-6-5-7-15(2)10-12-20(23)24-19/h9,11,13,15,17,19H,4-8,10,12,14,21H2,1-3H3/b11-9+,16-13+/t15-,17?,19?/m1/s1. The first kappa shape index (κ1) is 20.6. The van der Waals surface area contributed by atoms with Crippen LogP contribution in [-0.2, 0) is 14.3 Å². The zero-order valence-corrected chi connectivity index (χ0v) is 15.4. The number of carbonyl (C=O) groups excluding carboxylic acids is 2. The lowest BCUT2D eigenvalue weighted by atomic mass is 9.95. The molecule has 3 atom stereocenters. The molecule has 136 valence electrons. The van der Waals surface area contributed by atoms with Crippen molar-refractivity contribution in [1.82, 2.24) is 0 Å². The molecule has 1 rings (SSSR count). The first-order valence-corrected chi connectivity index (χ1v) is 9.25. The van der Waals surface area contributed by atoms with E-state index in [1.807, 2.05) is 26.0 Å². The Balaban J connectivity index is 2.90. The van der Waals surface area contributed by atoms with Crippen molar-refractivity contribution >= 4 is 11.8 Å². The van der Waals surface area contributed by atoms with Crippen molar-refractivity contribution < 1.29 is 14.3 Å². The number of nitrogens with two attached hydrogens (primary N) is 1. The minimum absolute atomic E-state index is 0.0240. The van der Waals surface area contributed by atoms with Crippen molar-refractivity contribution in [3.8, 4) is 0 Å². The zero-order valence-electron chi connectivity index (χ0n) is 15.4. The SMILES string of the molecule is CCC1OC(=O)CC[C@H](C)CCCCC(=O)/C=C/C(C)=C/C1CN. The predicted molar refractivity (Wildman–Crippen MR) is 97.5 cm³/mol. The molecule has 0 saturated carbocycles. The molecule has 2 unspecified atom stereocenters. The van der Waals surface area contributed by atoms with Gasteiger partial charge in [0.25, 0.3) is 0 Å². The highest BCUT2D eigenvalue weighted by Crippen LogP contribution is 2.19. The van der Waals surface area contributed by atoms with Gasteiger partial charge in [-0.25, -0.2) is 0 Å². The molecule has 0 aromatic rings. The van der Waals surface area contributed by atoms with Gasteiger partial charge in [-0.1, -0.05) is 44.4 Å². The van der Waals surface area contributed by atoms with Gasteiger partial charge < -0.3 is 10.5 Å². The molecule has 1 aliphatic rings. The Labute approximate surface area is 146 Å². The second-order valence-corrected chi connectivity index (χ2v) is 6.94. The third kappa shape index (κ3) is 7.91. The molecule has 2 N–H and O–H groups in total. The van der Waals surface area contributed by atoms with E-state index in [0.29, 0.717) is 25.3 Å². The van der Waals surface area contributed by atoms with E-state index in [0.717, 1.165) is 37.7 Å². The molecule has 24 heavy (non-hydrogen) atoms. The van der Waals surface area contributed by atoms with Gasteiger partial charge in [-0.05, 0) is 38.2 Å². The second-order valence-electron chi connectivity index (χ2n) is 6.94. The number of hydrogen-bond acceptors (Lipinski definition) is 4. The molecule has 0 amide bonds. The number of hydrogen-bond donors (Lipinski definition) is 1. The molecule has 0 saturated heterocycles. The van der Waals surface area contributed by atoms with Gasteiger partial charge in [-0.3, -0.25) is 9.59 Å². The van der Waals surface area contributed by atoms with E-state index in [1.54, 1.807) is 6.08 Å². The maximum atomic E-state index is 12.1. The summed E-state index contributed by atoms with van der Waals surface area (Å²) in [5.74, 6) is 0.494. The summed E-state index contributed by atoms with van der Waals surface area (Å²) in [5.41, 5.74) is 6.86. The molecule has 0 spiro atoms. The number of ether oxygens (including phenoxy) is 1. The van der Waals surface area contributed by atoms with Gasteiger partial charge in [-0.2, -0.15) is 0 Å². The summed E-state index contributed by atoms with van der Waals surface area (Å²) in [4.78, 5) is 24.0. The van der Waals surface area contributed by atoms with Crippen LogP contribution in [0.5, 0.6) is 0 Å². The molecule has 0 aromatic heterocycles. The first-order valence-electron chi connectivity index (χ1n) is 9.25. The van der Waals surface area contributed by atoms with Crippen molar-refractivity contribution in [2.75, 3.05) is 6.54 Å². The molecule has 0 radical (unpaired) electrons. The molecule has 0 fully saturated rings. The fourth-order valence-corrected chi connectivity index (χ4v) is 3.03. The molecule has 4 nitrogen and oxygen atoms in total. The second kappa shape index (κ2) is 11.2. The van der Waals surface area contributed by atoms with E-state index in [2.05, 4.69) is 6.92 Å². The molecule has 4 heteroatoms. The van der Waals surface area contributed by atoms with Crippen LogP contribution in [0.3, 0.4) is 0 Å². The summed E-state index contributed by atoms with van der Waals surface area (Å²) < 4.78 is 5.67. The topological polar surface area (TPSA) is 69.4 Å². The highest BCUT2D eigenvalue weighted by molar-refractivity contribution is 5.89. The molecular weight excluding hydrogens is 302 g/mol. The van der Waals surface area contributed by atoms with Crippen molar-refractivity contribution in [1.29, 1.82) is 0 Å². The van der Waals surface area contributed by atoms with Crippen LogP contribution in [0.4, 0.5) is 0 Å². The summed E-state index contributed by atoms with van der Waals surface area (Å²) in [6.45, 7) is 6.53. The smallest absolute Gasteiger partial charge is 0.306 e. The van der Waals surface area contributed by atoms with Crippen molar-refractivity contribution in [2.24, 2.45) is 17.6 Å². The summed E-state index contributed by atoms with van der Waals surface area (Å²) >= 11 is 0. The van der Waals surface area contributed by atoms with Crippen LogP contribution in [0.15, 0.2) is 23.8 Å². The van der Waals surface area contributed by atoms with E-state index < -0.39 is 0 Å². The number of ketones is 1. The van der Waals surface area contributed by atoms with Crippen LogP contribution < -0.4 is 5.73 Å². The molecule has 1 aliphatic heterocycles. The minimum Gasteiger partial charge on any atom is -0.462 e. The van der Waals surface area contributed by atoms with Gasteiger partial charge in [0.15, 0.2) is 5.78 Å². The Morgan fingerprint density at radius 1 is 1.17 bits per heavy atom. The van der Waals surface area contributed by atoms with E-state index in [4.69, 9.17) is 10.5 Å². The number of carbonyl (C=O) groups is 2. The van der Waals surface area contributed by atoms with Gasteiger partial charge in [0.2, 0.25) is 0 Å². The fraction of sp³-hybridized carbons (Fsp3) is 0.700. The van der Waals surface area contributed by atoms with Crippen molar-refractivity contribution in [2.45, 2.75) is 71.8 Å². The number of esters is 1. The van der Waals surface area contributed by atoms with Crippen LogP contribution >= 0.6 is 0 Å².